The van der Waals surface area contributed by atoms with Gasteiger partial charge in [0.2, 0.25) is 5.91 Å². The fourth-order valence-electron chi connectivity index (χ4n) is 7.04. The van der Waals surface area contributed by atoms with E-state index in [1.54, 1.807) is 6.08 Å². The molecule has 9 heteroatoms. The summed E-state index contributed by atoms with van der Waals surface area (Å²) < 4.78 is 11.2. The molecule has 0 spiro atoms. The summed E-state index contributed by atoms with van der Waals surface area (Å²) in [5.74, 6) is -0.175. The molecule has 0 saturated carbocycles. The van der Waals surface area contributed by atoms with Crippen LogP contribution in [0.2, 0.25) is 0 Å². The molecule has 0 aromatic carbocycles. The van der Waals surface area contributed by atoms with Gasteiger partial charge >= 0.3 is 0 Å². The molecule has 308 valence electrons. The van der Waals surface area contributed by atoms with Crippen LogP contribution >= 0.6 is 0 Å². The van der Waals surface area contributed by atoms with E-state index < -0.39 is 49.5 Å². The van der Waals surface area contributed by atoms with Crippen LogP contribution in [0.1, 0.15) is 200 Å². The quantitative estimate of drug-likeness (QED) is 0.0277. The van der Waals surface area contributed by atoms with E-state index in [0.29, 0.717) is 6.42 Å². The van der Waals surface area contributed by atoms with Crippen molar-refractivity contribution in [2.24, 2.45) is 0 Å². The van der Waals surface area contributed by atoms with E-state index in [9.17, 15) is 30.3 Å². The number of aliphatic hydroxyl groups excluding tert-OH is 5. The van der Waals surface area contributed by atoms with E-state index in [2.05, 4.69) is 19.2 Å². The fourth-order valence-corrected chi connectivity index (χ4v) is 7.04. The lowest BCUT2D eigenvalue weighted by Gasteiger charge is -2.40. The van der Waals surface area contributed by atoms with Crippen molar-refractivity contribution in [3.05, 3.63) is 12.2 Å². The van der Waals surface area contributed by atoms with Crippen LogP contribution in [0.15, 0.2) is 12.2 Å². The maximum atomic E-state index is 12.9. The Morgan fingerprint density at radius 2 is 1.06 bits per heavy atom. The van der Waals surface area contributed by atoms with Gasteiger partial charge in [-0.25, -0.2) is 0 Å². The second kappa shape index (κ2) is 34.4. The van der Waals surface area contributed by atoms with E-state index in [4.69, 9.17) is 9.47 Å². The lowest BCUT2D eigenvalue weighted by atomic mass is 9.99. The smallest absolute Gasteiger partial charge is 0.220 e. The summed E-state index contributed by atoms with van der Waals surface area (Å²) in [4.78, 5) is 12.9. The van der Waals surface area contributed by atoms with Gasteiger partial charge in [0.15, 0.2) is 6.29 Å². The molecule has 9 nitrogen and oxygen atoms in total. The van der Waals surface area contributed by atoms with E-state index in [0.717, 1.165) is 38.5 Å². The van der Waals surface area contributed by atoms with E-state index in [1.807, 2.05) is 6.08 Å². The van der Waals surface area contributed by atoms with Crippen LogP contribution < -0.4 is 5.32 Å². The molecule has 0 aromatic heterocycles. The maximum Gasteiger partial charge on any atom is 0.220 e. The lowest BCUT2D eigenvalue weighted by molar-refractivity contribution is -0.302. The summed E-state index contributed by atoms with van der Waals surface area (Å²) >= 11 is 0. The number of carbonyl (C=O) groups is 1. The monoisotopic (exact) mass is 742 g/mol. The summed E-state index contributed by atoms with van der Waals surface area (Å²) in [5, 5.41) is 54.1. The molecule has 52 heavy (non-hydrogen) atoms. The first-order valence-corrected chi connectivity index (χ1v) is 21.9. The second-order valence-corrected chi connectivity index (χ2v) is 15.5. The van der Waals surface area contributed by atoms with Crippen molar-refractivity contribution in [3.8, 4) is 0 Å². The molecule has 7 atom stereocenters. The normalized spacial score (nSPS) is 21.9. The Morgan fingerprint density at radius 3 is 1.50 bits per heavy atom. The molecule has 1 heterocycles. The number of nitrogens with one attached hydrogen (secondary N) is 1. The molecule has 0 radical (unpaired) electrons. The minimum absolute atomic E-state index is 0.175. The highest BCUT2D eigenvalue weighted by Gasteiger charge is 2.44. The number of unbranched alkanes of at least 4 members (excludes halogenated alkanes) is 26. The molecule has 1 amide bonds. The van der Waals surface area contributed by atoms with Gasteiger partial charge in [0, 0.05) is 6.42 Å². The van der Waals surface area contributed by atoms with Gasteiger partial charge in [-0.1, -0.05) is 187 Å². The first-order valence-electron chi connectivity index (χ1n) is 21.9. The highest BCUT2D eigenvalue weighted by molar-refractivity contribution is 5.76. The third-order valence-corrected chi connectivity index (χ3v) is 10.6. The molecule has 0 aliphatic carbocycles. The molecule has 1 aliphatic rings. The standard InChI is InChI=1S/C43H83NO8/c1-3-5-7-9-11-13-15-17-18-19-21-23-25-27-29-31-33-39(47)44-36(35-51-43-42(50)41(49)40(48)38(34-45)52-43)37(46)32-30-28-26-24-22-20-16-14-12-10-8-6-4-2/h30,32,36-38,40-43,45-46,48-50H,3-29,31,33-35H2,1-2H3,(H,44,47)/b32-30+/t36-,37+,38+,40-,41-,42+,43+/m0/s1. The summed E-state index contributed by atoms with van der Waals surface area (Å²) in [6.07, 6.45) is 31.0. The molecule has 0 unspecified atom stereocenters. The molecule has 1 saturated heterocycles. The van der Waals surface area contributed by atoms with Gasteiger partial charge in [0.1, 0.15) is 24.4 Å². The van der Waals surface area contributed by atoms with Crippen LogP contribution in [-0.2, 0) is 14.3 Å². The van der Waals surface area contributed by atoms with Crippen LogP contribution in [0.3, 0.4) is 0 Å². The van der Waals surface area contributed by atoms with Gasteiger partial charge < -0.3 is 40.3 Å². The zero-order chi connectivity index (χ0) is 38.1. The minimum atomic E-state index is -1.56. The first kappa shape index (κ1) is 48.9. The van der Waals surface area contributed by atoms with Crippen LogP contribution in [0.5, 0.6) is 0 Å². The zero-order valence-corrected chi connectivity index (χ0v) is 33.6. The predicted octanol–water partition coefficient (Wildman–Crippen LogP) is 8.56. The summed E-state index contributed by atoms with van der Waals surface area (Å²) in [5.41, 5.74) is 0. The van der Waals surface area contributed by atoms with Crippen molar-refractivity contribution in [2.75, 3.05) is 13.2 Å². The summed E-state index contributed by atoms with van der Waals surface area (Å²) in [6, 6.07) is -0.797. The Balaban J connectivity index is 2.37. The lowest BCUT2D eigenvalue weighted by Crippen LogP contribution is -2.60. The number of allylic oxidation sites excluding steroid dienone is 1. The van der Waals surface area contributed by atoms with Crippen LogP contribution in [0.25, 0.3) is 0 Å². The third-order valence-electron chi connectivity index (χ3n) is 10.6. The van der Waals surface area contributed by atoms with Crippen molar-refractivity contribution in [1.82, 2.24) is 5.32 Å². The Bertz CT molecular complexity index is 827. The maximum absolute atomic E-state index is 12.9. The number of amides is 1. The Hall–Kier alpha value is -1.07. The van der Waals surface area contributed by atoms with Crippen molar-refractivity contribution < 1.29 is 39.8 Å². The minimum Gasteiger partial charge on any atom is -0.394 e. The molecule has 1 aliphatic heterocycles. The molecule has 0 bridgehead atoms. The van der Waals surface area contributed by atoms with Crippen molar-refractivity contribution in [1.29, 1.82) is 0 Å². The van der Waals surface area contributed by atoms with E-state index >= 15 is 0 Å². The Labute approximate surface area is 318 Å². The molecule has 1 rings (SSSR count). The zero-order valence-electron chi connectivity index (χ0n) is 33.6. The SMILES string of the molecule is CCCCCCCCCCCCC/C=C/[C@@H](O)[C@H](CO[C@@H]1O[C@H](CO)[C@H](O)[C@H](O)[C@H]1O)NC(=O)CCCCCCCCCCCCCCCCCC. The van der Waals surface area contributed by atoms with Crippen LogP contribution in [0.4, 0.5) is 0 Å². The fraction of sp³-hybridized carbons (Fsp3) is 0.930. The topological polar surface area (TPSA) is 149 Å². The van der Waals surface area contributed by atoms with Gasteiger partial charge in [-0.2, -0.15) is 0 Å². The predicted molar refractivity (Wildman–Crippen MR) is 212 cm³/mol. The van der Waals surface area contributed by atoms with E-state index in [-0.39, 0.29) is 12.5 Å². The third kappa shape index (κ3) is 25.1. The number of hydrogen-bond acceptors (Lipinski definition) is 8. The molecular weight excluding hydrogens is 658 g/mol. The summed E-state index contributed by atoms with van der Waals surface area (Å²) in [7, 11) is 0. The number of ether oxygens (including phenoxy) is 2. The van der Waals surface area contributed by atoms with Gasteiger partial charge in [0.25, 0.3) is 0 Å². The van der Waals surface area contributed by atoms with Gasteiger partial charge in [0.05, 0.1) is 25.4 Å². The van der Waals surface area contributed by atoms with Crippen molar-refractivity contribution in [2.45, 2.75) is 243 Å². The van der Waals surface area contributed by atoms with Crippen molar-refractivity contribution in [3.63, 3.8) is 0 Å². The highest BCUT2D eigenvalue weighted by atomic mass is 16.7. The second-order valence-electron chi connectivity index (χ2n) is 15.5. The van der Waals surface area contributed by atoms with Gasteiger partial charge in [-0.15, -0.1) is 0 Å². The number of hydrogen-bond donors (Lipinski definition) is 6. The van der Waals surface area contributed by atoms with E-state index in [1.165, 1.54) is 141 Å². The number of carbonyl (C=O) groups excluding carboxylic acids is 1. The Kier molecular flexibility index (Phi) is 32.4. The molecule has 0 aromatic rings. The number of rotatable bonds is 36. The largest absolute Gasteiger partial charge is 0.394 e. The molecular formula is C43H83NO8. The highest BCUT2D eigenvalue weighted by Crippen LogP contribution is 2.22. The molecule has 6 N–H and O–H groups in total. The van der Waals surface area contributed by atoms with Crippen LogP contribution in [-0.4, -0.2) is 87.5 Å². The first-order chi connectivity index (χ1) is 25.3. The Morgan fingerprint density at radius 1 is 0.635 bits per heavy atom. The average molecular weight is 742 g/mol. The number of aliphatic hydroxyl groups is 5. The average Bonchev–Trinajstić information content (AvgIpc) is 3.14. The van der Waals surface area contributed by atoms with Crippen molar-refractivity contribution >= 4 is 5.91 Å². The molecule has 1 fully saturated rings. The summed E-state index contributed by atoms with van der Waals surface area (Å²) in [6.45, 7) is 3.77. The van der Waals surface area contributed by atoms with Crippen LogP contribution in [0, 0.1) is 0 Å². The van der Waals surface area contributed by atoms with Gasteiger partial charge in [-0.05, 0) is 19.3 Å². The van der Waals surface area contributed by atoms with Gasteiger partial charge in [-0.3, -0.25) is 4.79 Å².